The van der Waals surface area contributed by atoms with Crippen LogP contribution in [0.1, 0.15) is 17.9 Å². The first kappa shape index (κ1) is 9.19. The van der Waals surface area contributed by atoms with E-state index in [-0.39, 0.29) is 6.04 Å². The van der Waals surface area contributed by atoms with Gasteiger partial charge in [0.15, 0.2) is 0 Å². The van der Waals surface area contributed by atoms with Crippen molar-refractivity contribution in [2.75, 3.05) is 0 Å². The number of rotatable bonds is 2. The maximum absolute atomic E-state index is 9.48. The second-order valence-electron chi connectivity index (χ2n) is 2.47. The fourth-order valence-electron chi connectivity index (χ4n) is 0.742. The monoisotopic (exact) mass is 235 g/mol. The standard InChI is InChI=1S/C7H10BrNOS/c1-4(9)7(10)6-2-5(8)3-11-6/h2-4,7,10H,9H2,1H3. The number of nitrogens with two attached hydrogens (primary N) is 1. The molecule has 1 heterocycles. The molecule has 0 spiro atoms. The number of hydrogen-bond donors (Lipinski definition) is 2. The third-order valence-corrected chi connectivity index (χ3v) is 3.14. The molecule has 0 amide bonds. The molecule has 3 N–H and O–H groups in total. The summed E-state index contributed by atoms with van der Waals surface area (Å²) >= 11 is 4.82. The van der Waals surface area contributed by atoms with E-state index in [2.05, 4.69) is 15.9 Å². The van der Waals surface area contributed by atoms with E-state index in [1.807, 2.05) is 11.4 Å². The molecule has 0 fully saturated rings. The molecule has 1 rings (SSSR count). The summed E-state index contributed by atoms with van der Waals surface area (Å²) in [6.07, 6.45) is -0.536. The van der Waals surface area contributed by atoms with Crippen LogP contribution in [0.25, 0.3) is 0 Å². The number of thiophene rings is 1. The first-order chi connectivity index (χ1) is 5.11. The maximum atomic E-state index is 9.48. The normalized spacial score (nSPS) is 16.4. The minimum atomic E-state index is -0.536. The van der Waals surface area contributed by atoms with E-state index in [0.29, 0.717) is 0 Å². The van der Waals surface area contributed by atoms with E-state index < -0.39 is 6.10 Å². The highest BCUT2D eigenvalue weighted by molar-refractivity contribution is 9.10. The summed E-state index contributed by atoms with van der Waals surface area (Å²) < 4.78 is 0.997. The molecule has 62 valence electrons. The molecule has 0 aliphatic heterocycles. The van der Waals surface area contributed by atoms with Gasteiger partial charge in [-0.1, -0.05) is 0 Å². The SMILES string of the molecule is CC(N)C(O)c1cc(Br)cs1. The topological polar surface area (TPSA) is 46.2 Å². The molecule has 0 aliphatic rings. The molecular formula is C7H10BrNOS. The number of hydrogen-bond acceptors (Lipinski definition) is 3. The Balaban J connectivity index is 2.76. The van der Waals surface area contributed by atoms with Gasteiger partial charge < -0.3 is 10.8 Å². The Hall–Kier alpha value is 0.1000. The van der Waals surface area contributed by atoms with Crippen molar-refractivity contribution in [2.45, 2.75) is 19.1 Å². The highest BCUT2D eigenvalue weighted by Crippen LogP contribution is 2.26. The lowest BCUT2D eigenvalue weighted by Crippen LogP contribution is -2.23. The van der Waals surface area contributed by atoms with Gasteiger partial charge >= 0.3 is 0 Å². The van der Waals surface area contributed by atoms with Crippen LogP contribution in [0.4, 0.5) is 0 Å². The molecule has 0 bridgehead atoms. The zero-order chi connectivity index (χ0) is 8.43. The van der Waals surface area contributed by atoms with Crippen molar-refractivity contribution in [3.05, 3.63) is 20.8 Å². The third-order valence-electron chi connectivity index (χ3n) is 1.38. The second-order valence-corrected chi connectivity index (χ2v) is 4.33. The molecule has 4 heteroatoms. The average Bonchev–Trinajstić information content (AvgIpc) is 2.34. The van der Waals surface area contributed by atoms with Crippen LogP contribution in [-0.4, -0.2) is 11.1 Å². The summed E-state index contributed by atoms with van der Waals surface area (Å²) in [5.41, 5.74) is 5.52. The molecule has 2 nitrogen and oxygen atoms in total. The van der Waals surface area contributed by atoms with Gasteiger partial charge in [-0.25, -0.2) is 0 Å². The molecule has 0 radical (unpaired) electrons. The minimum absolute atomic E-state index is 0.208. The lowest BCUT2D eigenvalue weighted by Gasteiger charge is -2.11. The quantitative estimate of drug-likeness (QED) is 0.823. The van der Waals surface area contributed by atoms with Gasteiger partial charge in [-0.3, -0.25) is 0 Å². The summed E-state index contributed by atoms with van der Waals surface area (Å²) in [6, 6.07) is 1.68. The lowest BCUT2D eigenvalue weighted by atomic mass is 10.2. The van der Waals surface area contributed by atoms with Crippen LogP contribution in [-0.2, 0) is 0 Å². The van der Waals surface area contributed by atoms with Crippen LogP contribution in [0.5, 0.6) is 0 Å². The van der Waals surface area contributed by atoms with Gasteiger partial charge in [0, 0.05) is 20.8 Å². The van der Waals surface area contributed by atoms with E-state index in [1.54, 1.807) is 6.92 Å². The molecule has 2 atom stereocenters. The van der Waals surface area contributed by atoms with Crippen LogP contribution in [0.3, 0.4) is 0 Å². The fraction of sp³-hybridized carbons (Fsp3) is 0.429. The molecule has 0 saturated carbocycles. The van der Waals surface area contributed by atoms with Crippen LogP contribution in [0, 0.1) is 0 Å². The van der Waals surface area contributed by atoms with Crippen molar-refractivity contribution >= 4 is 27.3 Å². The first-order valence-corrected chi connectivity index (χ1v) is 4.96. The Labute approximate surface area is 78.2 Å². The highest BCUT2D eigenvalue weighted by atomic mass is 79.9. The van der Waals surface area contributed by atoms with Gasteiger partial charge in [-0.05, 0) is 28.9 Å². The zero-order valence-corrected chi connectivity index (χ0v) is 8.52. The van der Waals surface area contributed by atoms with E-state index in [1.165, 1.54) is 11.3 Å². The highest BCUT2D eigenvalue weighted by Gasteiger charge is 2.13. The Morgan fingerprint density at radius 1 is 1.73 bits per heavy atom. The molecule has 2 unspecified atom stereocenters. The number of aliphatic hydroxyl groups excluding tert-OH is 1. The molecule has 1 aromatic rings. The van der Waals surface area contributed by atoms with Gasteiger partial charge in [0.25, 0.3) is 0 Å². The van der Waals surface area contributed by atoms with Crippen molar-refractivity contribution in [3.8, 4) is 0 Å². The zero-order valence-electron chi connectivity index (χ0n) is 6.12. The number of halogens is 1. The summed E-state index contributed by atoms with van der Waals surface area (Å²) in [5, 5.41) is 11.4. The minimum Gasteiger partial charge on any atom is -0.386 e. The third kappa shape index (κ3) is 2.27. The van der Waals surface area contributed by atoms with E-state index in [0.717, 1.165) is 9.35 Å². The van der Waals surface area contributed by atoms with Crippen LogP contribution >= 0.6 is 27.3 Å². The van der Waals surface area contributed by atoms with Crippen molar-refractivity contribution in [1.82, 2.24) is 0 Å². The smallest absolute Gasteiger partial charge is 0.103 e. The molecule has 1 aromatic heterocycles. The fourth-order valence-corrected chi connectivity index (χ4v) is 2.29. The van der Waals surface area contributed by atoms with Gasteiger partial charge in [-0.2, -0.15) is 0 Å². The summed E-state index contributed by atoms with van der Waals surface area (Å²) in [6.45, 7) is 1.79. The van der Waals surface area contributed by atoms with Gasteiger partial charge in [0.05, 0.1) is 0 Å². The van der Waals surface area contributed by atoms with Crippen molar-refractivity contribution in [2.24, 2.45) is 5.73 Å². The van der Waals surface area contributed by atoms with Crippen molar-refractivity contribution in [1.29, 1.82) is 0 Å². The van der Waals surface area contributed by atoms with Crippen LogP contribution < -0.4 is 5.73 Å². The summed E-state index contributed by atoms with van der Waals surface area (Å²) in [5.74, 6) is 0. The van der Waals surface area contributed by atoms with Gasteiger partial charge in [-0.15, -0.1) is 11.3 Å². The number of aliphatic hydroxyl groups is 1. The predicted octanol–water partition coefficient (Wildman–Crippen LogP) is 1.89. The Morgan fingerprint density at radius 3 is 2.73 bits per heavy atom. The average molecular weight is 236 g/mol. The maximum Gasteiger partial charge on any atom is 0.103 e. The Morgan fingerprint density at radius 2 is 2.36 bits per heavy atom. The van der Waals surface area contributed by atoms with Crippen molar-refractivity contribution in [3.63, 3.8) is 0 Å². The summed E-state index contributed by atoms with van der Waals surface area (Å²) in [7, 11) is 0. The predicted molar refractivity (Wildman–Crippen MR) is 50.6 cm³/mol. The van der Waals surface area contributed by atoms with Crippen LogP contribution in [0.2, 0.25) is 0 Å². The van der Waals surface area contributed by atoms with Crippen LogP contribution in [0.15, 0.2) is 15.9 Å². The Bertz CT molecular complexity index is 236. The lowest BCUT2D eigenvalue weighted by molar-refractivity contribution is 0.157. The van der Waals surface area contributed by atoms with E-state index in [9.17, 15) is 5.11 Å². The van der Waals surface area contributed by atoms with E-state index in [4.69, 9.17) is 5.73 Å². The first-order valence-electron chi connectivity index (χ1n) is 3.29. The molecule has 11 heavy (non-hydrogen) atoms. The second kappa shape index (κ2) is 3.67. The molecule has 0 aliphatic carbocycles. The molecule has 0 aromatic carbocycles. The van der Waals surface area contributed by atoms with Gasteiger partial charge in [0.1, 0.15) is 6.10 Å². The van der Waals surface area contributed by atoms with Gasteiger partial charge in [0.2, 0.25) is 0 Å². The van der Waals surface area contributed by atoms with Crippen molar-refractivity contribution < 1.29 is 5.11 Å². The summed E-state index contributed by atoms with van der Waals surface area (Å²) in [4.78, 5) is 0.909. The van der Waals surface area contributed by atoms with E-state index >= 15 is 0 Å². The molecular weight excluding hydrogens is 226 g/mol. The Kier molecular flexibility index (Phi) is 3.06. The molecule has 0 saturated heterocycles. The largest absolute Gasteiger partial charge is 0.386 e.